The summed E-state index contributed by atoms with van der Waals surface area (Å²) in [6.07, 6.45) is 6.41. The molecule has 0 atom stereocenters. The van der Waals surface area contributed by atoms with E-state index in [1.54, 1.807) is 6.20 Å². The molecular formula is C9H11BrN2O. The number of nitrogens with zero attached hydrogens (tertiary/aromatic N) is 1. The monoisotopic (exact) mass is 242 g/mol. The quantitative estimate of drug-likeness (QED) is 0.821. The highest BCUT2D eigenvalue weighted by molar-refractivity contribution is 9.10. The molecule has 4 heteroatoms. The van der Waals surface area contributed by atoms with Crippen LogP contribution in [0.5, 0.6) is 0 Å². The van der Waals surface area contributed by atoms with E-state index in [2.05, 4.69) is 25.9 Å². The van der Waals surface area contributed by atoms with Gasteiger partial charge >= 0.3 is 0 Å². The summed E-state index contributed by atoms with van der Waals surface area (Å²) in [5.41, 5.74) is -0.0723. The van der Waals surface area contributed by atoms with E-state index in [-0.39, 0.29) is 5.56 Å². The van der Waals surface area contributed by atoms with Crippen LogP contribution in [-0.4, -0.2) is 9.97 Å². The summed E-state index contributed by atoms with van der Waals surface area (Å²) in [6, 6.07) is 0. The predicted molar refractivity (Wildman–Crippen MR) is 53.8 cm³/mol. The summed E-state index contributed by atoms with van der Waals surface area (Å²) in [4.78, 5) is 18.3. The van der Waals surface area contributed by atoms with E-state index in [0.29, 0.717) is 10.4 Å². The van der Waals surface area contributed by atoms with Gasteiger partial charge in [-0.2, -0.15) is 0 Å². The van der Waals surface area contributed by atoms with Gasteiger partial charge < -0.3 is 4.98 Å². The number of aromatic amines is 1. The Kier molecular flexibility index (Phi) is 2.49. The van der Waals surface area contributed by atoms with Gasteiger partial charge in [0, 0.05) is 12.1 Å². The number of rotatable bonds is 1. The summed E-state index contributed by atoms with van der Waals surface area (Å²) in [5, 5.41) is 0. The Hall–Kier alpha value is -0.640. The average molecular weight is 243 g/mol. The van der Waals surface area contributed by atoms with Crippen molar-refractivity contribution in [2.75, 3.05) is 0 Å². The predicted octanol–water partition coefficient (Wildman–Crippen LogP) is 2.19. The molecule has 0 saturated heterocycles. The largest absolute Gasteiger partial charge is 0.309 e. The molecule has 1 N–H and O–H groups in total. The van der Waals surface area contributed by atoms with E-state index in [1.165, 1.54) is 12.8 Å². The van der Waals surface area contributed by atoms with E-state index in [1.807, 2.05) is 0 Å². The molecule has 3 nitrogen and oxygen atoms in total. The van der Waals surface area contributed by atoms with Gasteiger partial charge in [-0.15, -0.1) is 0 Å². The second-order valence-electron chi connectivity index (χ2n) is 3.43. The molecule has 70 valence electrons. The first-order valence-electron chi connectivity index (χ1n) is 4.52. The number of nitrogens with one attached hydrogen (secondary N) is 1. The van der Waals surface area contributed by atoms with Crippen LogP contribution in [-0.2, 0) is 0 Å². The van der Waals surface area contributed by atoms with Crippen LogP contribution in [0.3, 0.4) is 0 Å². The van der Waals surface area contributed by atoms with Crippen LogP contribution in [0, 0.1) is 0 Å². The molecule has 1 saturated carbocycles. The Morgan fingerprint density at radius 2 is 2.15 bits per heavy atom. The van der Waals surface area contributed by atoms with Crippen LogP contribution in [0.25, 0.3) is 0 Å². The molecule has 2 rings (SSSR count). The zero-order chi connectivity index (χ0) is 9.26. The van der Waals surface area contributed by atoms with Crippen molar-refractivity contribution in [3.05, 3.63) is 26.8 Å². The molecular weight excluding hydrogens is 232 g/mol. The van der Waals surface area contributed by atoms with Crippen LogP contribution in [0.2, 0.25) is 0 Å². The van der Waals surface area contributed by atoms with Crippen molar-refractivity contribution in [1.82, 2.24) is 9.97 Å². The summed E-state index contributed by atoms with van der Waals surface area (Å²) in [6.45, 7) is 0. The van der Waals surface area contributed by atoms with E-state index < -0.39 is 0 Å². The van der Waals surface area contributed by atoms with Gasteiger partial charge in [-0.05, 0) is 28.8 Å². The van der Waals surface area contributed by atoms with Gasteiger partial charge in [-0.3, -0.25) is 4.79 Å². The lowest BCUT2D eigenvalue weighted by molar-refractivity contribution is 0.662. The average Bonchev–Trinajstić information content (AvgIpc) is 2.62. The molecule has 1 heterocycles. The minimum absolute atomic E-state index is 0.0723. The molecule has 1 aromatic rings. The molecule has 0 unspecified atom stereocenters. The Bertz CT molecular complexity index is 355. The highest BCUT2D eigenvalue weighted by atomic mass is 79.9. The first kappa shape index (κ1) is 8.94. The lowest BCUT2D eigenvalue weighted by Crippen LogP contribution is -2.13. The molecule has 0 spiro atoms. The summed E-state index contributed by atoms with van der Waals surface area (Å²) in [5.74, 6) is 1.33. The fraction of sp³-hybridized carbons (Fsp3) is 0.556. The topological polar surface area (TPSA) is 45.8 Å². The van der Waals surface area contributed by atoms with Gasteiger partial charge in [-0.1, -0.05) is 12.8 Å². The van der Waals surface area contributed by atoms with Crippen molar-refractivity contribution in [3.8, 4) is 0 Å². The second kappa shape index (κ2) is 3.62. The van der Waals surface area contributed by atoms with Crippen molar-refractivity contribution >= 4 is 15.9 Å². The number of aromatic nitrogens is 2. The van der Waals surface area contributed by atoms with Crippen LogP contribution in [0.1, 0.15) is 37.4 Å². The maximum Gasteiger partial charge on any atom is 0.265 e. The summed E-state index contributed by atoms with van der Waals surface area (Å²) < 4.78 is 0.509. The zero-order valence-corrected chi connectivity index (χ0v) is 8.80. The van der Waals surface area contributed by atoms with Crippen molar-refractivity contribution < 1.29 is 0 Å². The normalized spacial score (nSPS) is 17.9. The minimum Gasteiger partial charge on any atom is -0.309 e. The van der Waals surface area contributed by atoms with Gasteiger partial charge in [0.1, 0.15) is 10.3 Å². The third-order valence-corrected chi connectivity index (χ3v) is 3.08. The molecule has 0 aromatic carbocycles. The first-order valence-corrected chi connectivity index (χ1v) is 5.31. The SMILES string of the molecule is O=c1[nH]c(C2CCCC2)ncc1Br. The van der Waals surface area contributed by atoms with E-state index in [4.69, 9.17) is 0 Å². The van der Waals surface area contributed by atoms with E-state index >= 15 is 0 Å². The molecule has 0 bridgehead atoms. The molecule has 1 fully saturated rings. The van der Waals surface area contributed by atoms with Gasteiger partial charge in [0.05, 0.1) is 0 Å². The van der Waals surface area contributed by atoms with Gasteiger partial charge in [-0.25, -0.2) is 4.98 Å². The van der Waals surface area contributed by atoms with Crippen LogP contribution < -0.4 is 5.56 Å². The maximum atomic E-state index is 11.3. The Morgan fingerprint density at radius 1 is 1.46 bits per heavy atom. The third kappa shape index (κ3) is 1.82. The Balaban J connectivity index is 2.30. The maximum absolute atomic E-state index is 11.3. The van der Waals surface area contributed by atoms with Crippen LogP contribution in [0.4, 0.5) is 0 Å². The lowest BCUT2D eigenvalue weighted by Gasteiger charge is -2.06. The van der Waals surface area contributed by atoms with Gasteiger partial charge in [0.2, 0.25) is 0 Å². The smallest absolute Gasteiger partial charge is 0.265 e. The van der Waals surface area contributed by atoms with Crippen molar-refractivity contribution in [2.24, 2.45) is 0 Å². The number of halogens is 1. The number of hydrogen-bond acceptors (Lipinski definition) is 2. The summed E-state index contributed by atoms with van der Waals surface area (Å²) >= 11 is 3.13. The number of H-pyrrole nitrogens is 1. The van der Waals surface area contributed by atoms with Crippen molar-refractivity contribution in [1.29, 1.82) is 0 Å². The lowest BCUT2D eigenvalue weighted by atomic mass is 10.1. The Morgan fingerprint density at radius 3 is 2.77 bits per heavy atom. The molecule has 0 amide bonds. The third-order valence-electron chi connectivity index (χ3n) is 2.52. The van der Waals surface area contributed by atoms with Gasteiger partial charge in [0.15, 0.2) is 0 Å². The fourth-order valence-corrected chi connectivity index (χ4v) is 2.00. The standard InChI is InChI=1S/C9H11BrN2O/c10-7-5-11-8(12-9(7)13)6-3-1-2-4-6/h5-6H,1-4H2,(H,11,12,13). The Labute approximate surface area is 84.7 Å². The molecule has 1 aromatic heterocycles. The highest BCUT2D eigenvalue weighted by Crippen LogP contribution is 2.31. The fourth-order valence-electron chi connectivity index (χ4n) is 1.80. The zero-order valence-electron chi connectivity index (χ0n) is 7.22. The molecule has 1 aliphatic carbocycles. The molecule has 0 radical (unpaired) electrons. The van der Waals surface area contributed by atoms with E-state index in [0.717, 1.165) is 18.7 Å². The summed E-state index contributed by atoms with van der Waals surface area (Å²) in [7, 11) is 0. The first-order chi connectivity index (χ1) is 6.27. The molecule has 13 heavy (non-hydrogen) atoms. The number of hydrogen-bond donors (Lipinski definition) is 1. The van der Waals surface area contributed by atoms with Crippen molar-refractivity contribution in [3.63, 3.8) is 0 Å². The van der Waals surface area contributed by atoms with Crippen LogP contribution >= 0.6 is 15.9 Å². The highest BCUT2D eigenvalue weighted by Gasteiger charge is 2.19. The second-order valence-corrected chi connectivity index (χ2v) is 4.28. The van der Waals surface area contributed by atoms with Gasteiger partial charge in [0.25, 0.3) is 5.56 Å². The molecule has 1 aliphatic rings. The van der Waals surface area contributed by atoms with Crippen molar-refractivity contribution in [2.45, 2.75) is 31.6 Å². The van der Waals surface area contributed by atoms with Crippen LogP contribution in [0.15, 0.2) is 15.5 Å². The van der Waals surface area contributed by atoms with E-state index in [9.17, 15) is 4.79 Å². The molecule has 0 aliphatic heterocycles. The minimum atomic E-state index is -0.0723.